The van der Waals surface area contributed by atoms with Gasteiger partial charge >= 0.3 is 0 Å². The molecule has 0 atom stereocenters. The molecule has 0 spiro atoms. The van der Waals surface area contributed by atoms with Crippen molar-refractivity contribution in [1.29, 1.82) is 5.26 Å². The minimum absolute atomic E-state index is 0.398. The fraction of sp³-hybridized carbons (Fsp3) is 0.381. The number of nitriles is 1. The van der Waals surface area contributed by atoms with E-state index in [9.17, 15) is 5.26 Å². The number of fused-ring (bicyclic) bond motifs is 1. The van der Waals surface area contributed by atoms with Crippen LogP contribution in [-0.4, -0.2) is 31.5 Å². The lowest BCUT2D eigenvalue weighted by atomic mass is 10.0. The van der Waals surface area contributed by atoms with Gasteiger partial charge in [-0.3, -0.25) is 9.67 Å². The minimum atomic E-state index is 0.398. The molecular formula is C21H21N7. The first-order valence-corrected chi connectivity index (χ1v) is 9.65. The van der Waals surface area contributed by atoms with Gasteiger partial charge in [-0.05, 0) is 49.4 Å². The molecule has 0 aromatic carbocycles. The second-order valence-electron chi connectivity index (χ2n) is 7.68. The molecule has 0 radical (unpaired) electrons. The predicted octanol–water partition coefficient (Wildman–Crippen LogP) is 3.12. The average Bonchev–Trinajstić information content (AvgIpc) is 3.46. The van der Waals surface area contributed by atoms with Gasteiger partial charge in [0.2, 0.25) is 0 Å². The van der Waals surface area contributed by atoms with E-state index in [-0.39, 0.29) is 0 Å². The van der Waals surface area contributed by atoms with Gasteiger partial charge in [-0.15, -0.1) is 10.2 Å². The largest absolute Gasteiger partial charge is 0.350 e. The molecule has 1 fully saturated rings. The SMILES string of the molecule is Cc1c(C#N)nnc(N2CCc3ncc(-c4cnn(C5CC5)c4)cc3C2)c1C. The van der Waals surface area contributed by atoms with Crippen LogP contribution in [0, 0.1) is 25.2 Å². The van der Waals surface area contributed by atoms with Crippen LogP contribution in [0.3, 0.4) is 0 Å². The van der Waals surface area contributed by atoms with E-state index in [1.807, 2.05) is 26.2 Å². The number of nitrogens with zero attached hydrogens (tertiary/aromatic N) is 7. The van der Waals surface area contributed by atoms with Gasteiger partial charge in [-0.1, -0.05) is 0 Å². The highest BCUT2D eigenvalue weighted by Crippen LogP contribution is 2.35. The van der Waals surface area contributed by atoms with E-state index < -0.39 is 0 Å². The molecule has 4 heterocycles. The van der Waals surface area contributed by atoms with E-state index in [4.69, 9.17) is 4.98 Å². The molecule has 0 N–H and O–H groups in total. The van der Waals surface area contributed by atoms with Crippen molar-refractivity contribution in [3.8, 4) is 17.2 Å². The monoisotopic (exact) mass is 371 g/mol. The number of anilines is 1. The smallest absolute Gasteiger partial charge is 0.166 e. The van der Waals surface area contributed by atoms with Crippen LogP contribution >= 0.6 is 0 Å². The first-order valence-electron chi connectivity index (χ1n) is 9.65. The lowest BCUT2D eigenvalue weighted by Gasteiger charge is -2.30. The van der Waals surface area contributed by atoms with Crippen molar-refractivity contribution in [1.82, 2.24) is 25.0 Å². The summed E-state index contributed by atoms with van der Waals surface area (Å²) in [7, 11) is 0. The third kappa shape index (κ3) is 2.82. The van der Waals surface area contributed by atoms with E-state index in [1.54, 1.807) is 0 Å². The van der Waals surface area contributed by atoms with Gasteiger partial charge in [-0.25, -0.2) is 0 Å². The summed E-state index contributed by atoms with van der Waals surface area (Å²) in [6, 6.07) is 4.92. The second kappa shape index (κ2) is 6.41. The number of rotatable bonds is 3. The summed E-state index contributed by atoms with van der Waals surface area (Å²) < 4.78 is 2.07. The van der Waals surface area contributed by atoms with E-state index in [0.29, 0.717) is 11.7 Å². The summed E-state index contributed by atoms with van der Waals surface area (Å²) >= 11 is 0. The van der Waals surface area contributed by atoms with Crippen LogP contribution in [-0.2, 0) is 13.0 Å². The van der Waals surface area contributed by atoms with Crippen LogP contribution in [0.4, 0.5) is 5.82 Å². The van der Waals surface area contributed by atoms with E-state index in [0.717, 1.165) is 53.3 Å². The molecule has 3 aromatic rings. The third-order valence-electron chi connectivity index (χ3n) is 5.80. The van der Waals surface area contributed by atoms with Crippen LogP contribution in [0.25, 0.3) is 11.1 Å². The molecule has 3 aromatic heterocycles. The zero-order chi connectivity index (χ0) is 19.3. The molecule has 1 saturated carbocycles. The number of aromatic nitrogens is 5. The van der Waals surface area contributed by atoms with Gasteiger partial charge in [0.25, 0.3) is 0 Å². The molecule has 0 amide bonds. The van der Waals surface area contributed by atoms with Gasteiger partial charge < -0.3 is 4.90 Å². The maximum atomic E-state index is 9.17. The Labute approximate surface area is 163 Å². The summed E-state index contributed by atoms with van der Waals surface area (Å²) in [5.74, 6) is 0.856. The number of hydrogen-bond acceptors (Lipinski definition) is 6. The quantitative estimate of drug-likeness (QED) is 0.703. The average molecular weight is 371 g/mol. The fourth-order valence-electron chi connectivity index (χ4n) is 3.79. The van der Waals surface area contributed by atoms with Crippen molar-refractivity contribution in [2.75, 3.05) is 11.4 Å². The molecule has 2 aliphatic rings. The molecule has 140 valence electrons. The molecule has 7 heteroatoms. The second-order valence-corrected chi connectivity index (χ2v) is 7.68. The third-order valence-corrected chi connectivity index (χ3v) is 5.80. The van der Waals surface area contributed by atoms with Crippen LogP contribution in [0.2, 0.25) is 0 Å². The molecule has 7 nitrogen and oxygen atoms in total. The topological polar surface area (TPSA) is 83.5 Å². The van der Waals surface area contributed by atoms with Crippen LogP contribution < -0.4 is 4.90 Å². The van der Waals surface area contributed by atoms with E-state index in [1.165, 1.54) is 18.4 Å². The Morgan fingerprint density at radius 3 is 2.75 bits per heavy atom. The summed E-state index contributed by atoms with van der Waals surface area (Å²) in [5, 5.41) is 22.1. The Bertz CT molecular complexity index is 1100. The molecule has 0 saturated heterocycles. The molecule has 0 bridgehead atoms. The van der Waals surface area contributed by atoms with E-state index >= 15 is 0 Å². The summed E-state index contributed by atoms with van der Waals surface area (Å²) in [6.45, 7) is 5.53. The van der Waals surface area contributed by atoms with Crippen LogP contribution in [0.5, 0.6) is 0 Å². The van der Waals surface area contributed by atoms with Crippen molar-refractivity contribution < 1.29 is 0 Å². The zero-order valence-corrected chi connectivity index (χ0v) is 16.1. The lowest BCUT2D eigenvalue weighted by Crippen LogP contribution is -2.32. The first-order chi connectivity index (χ1) is 13.6. The van der Waals surface area contributed by atoms with Crippen molar-refractivity contribution in [2.45, 2.75) is 45.7 Å². The van der Waals surface area contributed by atoms with Crippen LogP contribution in [0.15, 0.2) is 24.7 Å². The Morgan fingerprint density at radius 1 is 1.11 bits per heavy atom. The molecule has 5 rings (SSSR count). The van der Waals surface area contributed by atoms with Crippen molar-refractivity contribution in [3.05, 3.63) is 52.7 Å². The Kier molecular flexibility index (Phi) is 3.86. The Balaban J connectivity index is 1.45. The standard InChI is InChI=1S/C21H21N7/c1-13-14(2)21(26-25-20(13)8-22)27-6-5-19-16(11-27)7-15(9-23-19)17-10-24-28(12-17)18-3-4-18/h7,9-10,12,18H,3-6,11H2,1-2H3. The molecule has 1 aliphatic heterocycles. The summed E-state index contributed by atoms with van der Waals surface area (Å²) in [6.07, 6.45) is 9.34. The number of hydrogen-bond donors (Lipinski definition) is 0. The molecule has 28 heavy (non-hydrogen) atoms. The van der Waals surface area contributed by atoms with E-state index in [2.05, 4.69) is 43.2 Å². The van der Waals surface area contributed by atoms with Gasteiger partial charge in [-0.2, -0.15) is 10.4 Å². The normalized spacial score (nSPS) is 16.0. The predicted molar refractivity (Wildman–Crippen MR) is 105 cm³/mol. The lowest BCUT2D eigenvalue weighted by molar-refractivity contribution is 0.642. The minimum Gasteiger partial charge on any atom is -0.350 e. The Morgan fingerprint density at radius 2 is 1.96 bits per heavy atom. The van der Waals surface area contributed by atoms with Gasteiger partial charge in [0.05, 0.1) is 12.2 Å². The van der Waals surface area contributed by atoms with Crippen molar-refractivity contribution in [3.63, 3.8) is 0 Å². The number of pyridine rings is 1. The maximum Gasteiger partial charge on any atom is 0.166 e. The Hall–Kier alpha value is -3.27. The molecule has 1 aliphatic carbocycles. The summed E-state index contributed by atoms with van der Waals surface area (Å²) in [4.78, 5) is 6.95. The van der Waals surface area contributed by atoms with Gasteiger partial charge in [0.15, 0.2) is 11.5 Å². The van der Waals surface area contributed by atoms with Crippen molar-refractivity contribution >= 4 is 5.82 Å². The highest BCUT2D eigenvalue weighted by molar-refractivity contribution is 5.63. The molecular weight excluding hydrogens is 350 g/mol. The highest BCUT2D eigenvalue weighted by Gasteiger charge is 2.25. The first kappa shape index (κ1) is 16.9. The van der Waals surface area contributed by atoms with Gasteiger partial charge in [0.1, 0.15) is 6.07 Å². The zero-order valence-electron chi connectivity index (χ0n) is 16.1. The van der Waals surface area contributed by atoms with Gasteiger partial charge in [0, 0.05) is 48.7 Å². The maximum absolute atomic E-state index is 9.17. The van der Waals surface area contributed by atoms with Crippen molar-refractivity contribution in [2.24, 2.45) is 0 Å². The molecule has 0 unspecified atom stereocenters. The van der Waals surface area contributed by atoms with Crippen LogP contribution in [0.1, 0.15) is 47.0 Å². The highest BCUT2D eigenvalue weighted by atomic mass is 15.3. The fourth-order valence-corrected chi connectivity index (χ4v) is 3.79. The summed E-state index contributed by atoms with van der Waals surface area (Å²) in [5.41, 5.74) is 6.89.